The Bertz CT molecular complexity index is 175. The van der Waals surface area contributed by atoms with Crippen molar-refractivity contribution in [3.05, 3.63) is 0 Å². The average Bonchev–Trinajstić information content (AvgIpc) is 2.11. The molecular formula is C11H23NPS+. The molecule has 0 aromatic rings. The van der Waals surface area contributed by atoms with Gasteiger partial charge in [0.1, 0.15) is 11.4 Å². The van der Waals surface area contributed by atoms with Crippen molar-refractivity contribution in [2.45, 2.75) is 45.4 Å². The normalized spacial score (nSPS) is 11.3. The summed E-state index contributed by atoms with van der Waals surface area (Å²) in [4.78, 5) is 0. The van der Waals surface area contributed by atoms with Crippen LogP contribution in [0.5, 0.6) is 0 Å². The van der Waals surface area contributed by atoms with E-state index in [0.717, 1.165) is 0 Å². The Morgan fingerprint density at radius 3 is 2.21 bits per heavy atom. The molecule has 82 valence electrons. The zero-order chi connectivity index (χ0) is 10.9. The van der Waals surface area contributed by atoms with Crippen LogP contribution in [0.3, 0.4) is 0 Å². The molecule has 0 aromatic heterocycles. The third-order valence-electron chi connectivity index (χ3n) is 2.34. The first kappa shape index (κ1) is 14.3. The number of unbranched alkanes of at least 4 members (excludes halogenated alkanes) is 5. The SMILES string of the molecule is CCCCCCCC[P+](C)(C)SC#N. The van der Waals surface area contributed by atoms with Gasteiger partial charge in [0.2, 0.25) is 0 Å². The largest absolute Gasteiger partial charge is 0.181 e. The van der Waals surface area contributed by atoms with Crippen LogP contribution in [0, 0.1) is 10.7 Å². The van der Waals surface area contributed by atoms with Crippen LogP contribution in [-0.4, -0.2) is 19.5 Å². The van der Waals surface area contributed by atoms with E-state index in [9.17, 15) is 0 Å². The van der Waals surface area contributed by atoms with E-state index in [2.05, 4.69) is 25.7 Å². The lowest BCUT2D eigenvalue weighted by atomic mass is 10.1. The van der Waals surface area contributed by atoms with Crippen molar-refractivity contribution in [3.63, 3.8) is 0 Å². The van der Waals surface area contributed by atoms with Crippen molar-refractivity contribution >= 4 is 17.8 Å². The quantitative estimate of drug-likeness (QED) is 0.342. The van der Waals surface area contributed by atoms with E-state index in [1.165, 1.54) is 56.1 Å². The molecular weight excluding hydrogens is 209 g/mol. The summed E-state index contributed by atoms with van der Waals surface area (Å²) in [6, 6.07) is 0. The van der Waals surface area contributed by atoms with Gasteiger partial charge in [0.15, 0.2) is 5.40 Å². The molecule has 0 N–H and O–H groups in total. The summed E-state index contributed by atoms with van der Waals surface area (Å²) in [6.45, 7) is 5.85. The van der Waals surface area contributed by atoms with Crippen molar-refractivity contribution in [1.82, 2.24) is 0 Å². The van der Waals surface area contributed by atoms with Crippen molar-refractivity contribution < 1.29 is 0 Å². The molecule has 3 heteroatoms. The second kappa shape index (κ2) is 8.57. The molecule has 0 radical (unpaired) electrons. The average molecular weight is 232 g/mol. The van der Waals surface area contributed by atoms with Gasteiger partial charge in [0.25, 0.3) is 0 Å². The Morgan fingerprint density at radius 1 is 1.07 bits per heavy atom. The maximum atomic E-state index is 8.62. The van der Waals surface area contributed by atoms with Crippen molar-refractivity contribution in [2.24, 2.45) is 0 Å². The molecule has 0 rings (SSSR count). The first-order chi connectivity index (χ1) is 6.62. The van der Waals surface area contributed by atoms with Gasteiger partial charge in [-0.1, -0.05) is 32.6 Å². The molecule has 0 heterocycles. The van der Waals surface area contributed by atoms with Crippen LogP contribution in [0.1, 0.15) is 45.4 Å². The minimum Gasteiger partial charge on any atom is -0.181 e. The molecule has 0 aliphatic heterocycles. The number of nitriles is 1. The molecule has 0 saturated carbocycles. The second-order valence-electron chi connectivity index (χ2n) is 4.25. The maximum absolute atomic E-state index is 8.62. The van der Waals surface area contributed by atoms with Gasteiger partial charge in [-0.05, 0) is 12.8 Å². The zero-order valence-corrected chi connectivity index (χ0v) is 11.5. The zero-order valence-electron chi connectivity index (χ0n) is 9.75. The number of hydrogen-bond acceptors (Lipinski definition) is 2. The van der Waals surface area contributed by atoms with E-state index < -0.39 is 6.46 Å². The highest BCUT2D eigenvalue weighted by atomic mass is 32.7. The molecule has 0 fully saturated rings. The molecule has 1 nitrogen and oxygen atoms in total. The Hall–Kier alpha value is 0.270. The predicted molar refractivity (Wildman–Crippen MR) is 70.2 cm³/mol. The molecule has 0 bridgehead atoms. The van der Waals surface area contributed by atoms with Crippen LogP contribution in [0.4, 0.5) is 0 Å². The van der Waals surface area contributed by atoms with Crippen LogP contribution in [0.25, 0.3) is 0 Å². The monoisotopic (exact) mass is 232 g/mol. The number of nitrogens with zero attached hydrogens (tertiary/aromatic N) is 1. The van der Waals surface area contributed by atoms with E-state index in [4.69, 9.17) is 5.26 Å². The first-order valence-corrected chi connectivity index (χ1v) is 9.82. The summed E-state index contributed by atoms with van der Waals surface area (Å²) in [7, 11) is 0. The van der Waals surface area contributed by atoms with Crippen LogP contribution >= 0.6 is 17.8 Å². The smallest absolute Gasteiger partial charge is 0.175 e. The van der Waals surface area contributed by atoms with Gasteiger partial charge < -0.3 is 0 Å². The minimum atomic E-state index is -0.943. The Morgan fingerprint density at radius 2 is 1.64 bits per heavy atom. The van der Waals surface area contributed by atoms with Crippen LogP contribution < -0.4 is 0 Å². The number of thiocyanates is 1. The van der Waals surface area contributed by atoms with Gasteiger partial charge >= 0.3 is 0 Å². The topological polar surface area (TPSA) is 23.8 Å². The predicted octanol–water partition coefficient (Wildman–Crippen LogP) is 4.75. The van der Waals surface area contributed by atoms with E-state index in [-0.39, 0.29) is 0 Å². The van der Waals surface area contributed by atoms with E-state index >= 15 is 0 Å². The van der Waals surface area contributed by atoms with Crippen molar-refractivity contribution in [2.75, 3.05) is 19.5 Å². The molecule has 0 saturated heterocycles. The molecule has 0 atom stereocenters. The molecule has 0 spiro atoms. The van der Waals surface area contributed by atoms with Gasteiger partial charge in [-0.3, -0.25) is 0 Å². The van der Waals surface area contributed by atoms with E-state index in [1.54, 1.807) is 0 Å². The lowest BCUT2D eigenvalue weighted by molar-refractivity contribution is 0.626. The molecule has 0 aromatic carbocycles. The summed E-state index contributed by atoms with van der Waals surface area (Å²) in [6.07, 6.45) is 9.42. The summed E-state index contributed by atoms with van der Waals surface area (Å²) in [5.41, 5.74) is 0. The Labute approximate surface area is 93.7 Å². The summed E-state index contributed by atoms with van der Waals surface area (Å²) in [5, 5.41) is 10.9. The van der Waals surface area contributed by atoms with Gasteiger partial charge in [0, 0.05) is 0 Å². The highest BCUT2D eigenvalue weighted by Crippen LogP contribution is 2.63. The fourth-order valence-corrected chi connectivity index (χ4v) is 4.05. The van der Waals surface area contributed by atoms with Gasteiger partial charge in [-0.25, -0.2) is 0 Å². The Balaban J connectivity index is 3.31. The van der Waals surface area contributed by atoms with Crippen LogP contribution in [0.2, 0.25) is 0 Å². The molecule has 0 amide bonds. The van der Waals surface area contributed by atoms with Gasteiger partial charge in [-0.2, -0.15) is 5.26 Å². The summed E-state index contributed by atoms with van der Waals surface area (Å²) < 4.78 is 0. The van der Waals surface area contributed by atoms with Crippen LogP contribution in [-0.2, 0) is 0 Å². The molecule has 14 heavy (non-hydrogen) atoms. The fraction of sp³-hybridized carbons (Fsp3) is 0.909. The molecule has 0 aliphatic carbocycles. The van der Waals surface area contributed by atoms with E-state index in [1.807, 2.05) is 0 Å². The highest BCUT2D eigenvalue weighted by Gasteiger charge is 2.26. The standard InChI is InChI=1S/C11H23NPS/c1-4-5-6-7-8-9-10-13(2,3)14-11-12/h4-10H2,1-3H3/q+1. The fourth-order valence-electron chi connectivity index (χ4n) is 1.43. The number of rotatable bonds is 8. The number of hydrogen-bond donors (Lipinski definition) is 0. The van der Waals surface area contributed by atoms with Crippen LogP contribution in [0.15, 0.2) is 0 Å². The summed E-state index contributed by atoms with van der Waals surface area (Å²) in [5.74, 6) is 0. The molecule has 0 unspecified atom stereocenters. The first-order valence-electron chi connectivity index (χ1n) is 5.53. The minimum absolute atomic E-state index is 0.943. The molecule has 0 aliphatic rings. The van der Waals surface area contributed by atoms with Gasteiger partial charge in [0.05, 0.1) is 26.0 Å². The Kier molecular flexibility index (Phi) is 8.73. The van der Waals surface area contributed by atoms with E-state index in [0.29, 0.717) is 0 Å². The maximum Gasteiger partial charge on any atom is 0.175 e. The van der Waals surface area contributed by atoms with Crippen molar-refractivity contribution in [1.29, 1.82) is 5.26 Å². The van der Waals surface area contributed by atoms with Crippen molar-refractivity contribution in [3.8, 4) is 5.40 Å². The lowest BCUT2D eigenvalue weighted by Gasteiger charge is -2.11. The second-order valence-corrected chi connectivity index (χ2v) is 11.7. The summed E-state index contributed by atoms with van der Waals surface area (Å²) >= 11 is 1.52. The third kappa shape index (κ3) is 8.85. The lowest BCUT2D eigenvalue weighted by Crippen LogP contribution is -1.91. The highest BCUT2D eigenvalue weighted by molar-refractivity contribution is 8.64. The van der Waals surface area contributed by atoms with Gasteiger partial charge in [-0.15, -0.1) is 0 Å². The third-order valence-corrected chi connectivity index (χ3v) is 6.58.